The van der Waals surface area contributed by atoms with E-state index in [1.54, 1.807) is 12.1 Å². The Morgan fingerprint density at radius 3 is 2.45 bits per heavy atom. The highest BCUT2D eigenvalue weighted by Gasteiger charge is 2.23. The summed E-state index contributed by atoms with van der Waals surface area (Å²) in [6.07, 6.45) is 1.91. The zero-order valence-corrected chi connectivity index (χ0v) is 17.1. The van der Waals surface area contributed by atoms with Crippen molar-refractivity contribution >= 4 is 26.6 Å². The lowest BCUT2D eigenvalue weighted by Crippen LogP contribution is -2.09. The number of phenols is 1. The molecule has 0 saturated heterocycles. The van der Waals surface area contributed by atoms with E-state index in [1.807, 2.05) is 42.5 Å². The summed E-state index contributed by atoms with van der Waals surface area (Å²) in [5, 5.41) is 12.4. The van der Waals surface area contributed by atoms with E-state index in [4.69, 9.17) is 0 Å². The van der Waals surface area contributed by atoms with Crippen molar-refractivity contribution in [2.45, 2.75) is 30.6 Å². The third-order valence-electron chi connectivity index (χ3n) is 4.92. The molecule has 29 heavy (non-hydrogen) atoms. The molecule has 6 heteroatoms. The summed E-state index contributed by atoms with van der Waals surface area (Å²) in [7, 11) is -2.28. The zero-order chi connectivity index (χ0) is 20.9. The molecule has 0 radical (unpaired) electrons. The summed E-state index contributed by atoms with van der Waals surface area (Å²) in [5.41, 5.74) is 1.02. The van der Waals surface area contributed by atoms with Gasteiger partial charge in [-0.25, -0.2) is 8.42 Å². The van der Waals surface area contributed by atoms with Crippen LogP contribution in [0.3, 0.4) is 0 Å². The average molecular weight is 413 g/mol. The second-order valence-electron chi connectivity index (χ2n) is 6.88. The van der Waals surface area contributed by atoms with Gasteiger partial charge in [0.05, 0.1) is 17.8 Å². The minimum atomic E-state index is -3.61. The summed E-state index contributed by atoms with van der Waals surface area (Å²) in [6.45, 7) is 0. The van der Waals surface area contributed by atoms with Gasteiger partial charge in [-0.15, -0.1) is 0 Å². The van der Waals surface area contributed by atoms with Crippen molar-refractivity contribution in [3.63, 3.8) is 0 Å². The lowest BCUT2D eigenvalue weighted by atomic mass is 9.97. The molecule has 0 atom stereocenters. The zero-order valence-electron chi connectivity index (χ0n) is 16.3. The van der Waals surface area contributed by atoms with E-state index in [0.717, 1.165) is 10.8 Å². The first-order valence-corrected chi connectivity index (χ1v) is 11.2. The first-order valence-electron chi connectivity index (χ1n) is 9.54. The molecule has 0 amide bonds. The molecule has 0 fully saturated rings. The Morgan fingerprint density at radius 1 is 0.931 bits per heavy atom. The van der Waals surface area contributed by atoms with Gasteiger partial charge in [0.15, 0.2) is 9.84 Å². The topological polar surface area (TPSA) is 80.7 Å². The maximum absolute atomic E-state index is 13.1. The molecule has 0 unspecified atom stereocenters. The number of carbonyl (C=O) groups is 1. The van der Waals surface area contributed by atoms with E-state index in [2.05, 4.69) is 4.74 Å². The molecular formula is C23H24O5S. The predicted octanol–water partition coefficient (Wildman–Crippen LogP) is 4.72. The minimum absolute atomic E-state index is 0.0462. The van der Waals surface area contributed by atoms with Crippen LogP contribution in [0.2, 0.25) is 0 Å². The Morgan fingerprint density at radius 2 is 1.66 bits per heavy atom. The molecule has 152 valence electrons. The molecule has 0 heterocycles. The highest BCUT2D eigenvalue weighted by molar-refractivity contribution is 7.91. The van der Waals surface area contributed by atoms with Gasteiger partial charge in [-0.2, -0.15) is 0 Å². The molecule has 1 N–H and O–H groups in total. The Labute approximate surface area is 170 Å². The second-order valence-corrected chi connectivity index (χ2v) is 8.96. The van der Waals surface area contributed by atoms with Crippen LogP contribution < -0.4 is 0 Å². The highest BCUT2D eigenvalue weighted by atomic mass is 32.2. The standard InChI is InChI=1S/C23H24O5S/c1-28-22(25)15-3-2-6-16-29(26,27)21-14-8-13-20(24)23(21)19-12-7-10-17-9-4-5-11-18(17)19/h4-5,7-14,24H,2-3,6,15-16H2,1H3. The van der Waals surface area contributed by atoms with Gasteiger partial charge < -0.3 is 9.84 Å². The lowest BCUT2D eigenvalue weighted by Gasteiger charge is -2.14. The first-order chi connectivity index (χ1) is 13.9. The number of hydrogen-bond donors (Lipinski definition) is 1. The molecule has 0 spiro atoms. The summed E-state index contributed by atoms with van der Waals surface area (Å²) in [5.74, 6) is -0.401. The van der Waals surface area contributed by atoms with Crippen LogP contribution in [0.15, 0.2) is 65.6 Å². The number of unbranched alkanes of at least 4 members (excludes halogenated alkanes) is 2. The minimum Gasteiger partial charge on any atom is -0.507 e. The van der Waals surface area contributed by atoms with E-state index in [-0.39, 0.29) is 28.8 Å². The smallest absolute Gasteiger partial charge is 0.305 e. The Hall–Kier alpha value is -2.86. The number of rotatable bonds is 8. The fourth-order valence-electron chi connectivity index (χ4n) is 3.44. The molecule has 5 nitrogen and oxygen atoms in total. The molecule has 3 rings (SSSR count). The van der Waals surface area contributed by atoms with E-state index in [9.17, 15) is 18.3 Å². The monoisotopic (exact) mass is 412 g/mol. The van der Waals surface area contributed by atoms with Crippen molar-refractivity contribution in [1.29, 1.82) is 0 Å². The number of carbonyl (C=O) groups excluding carboxylic acids is 1. The predicted molar refractivity (Wildman–Crippen MR) is 114 cm³/mol. The van der Waals surface area contributed by atoms with E-state index in [0.29, 0.717) is 30.4 Å². The molecule has 0 aliphatic heterocycles. The van der Waals surface area contributed by atoms with Crippen LogP contribution in [0.25, 0.3) is 21.9 Å². The number of aromatic hydroxyl groups is 1. The Balaban J connectivity index is 1.91. The molecular weight excluding hydrogens is 388 g/mol. The molecule has 3 aromatic carbocycles. The molecule has 0 saturated carbocycles. The summed E-state index contributed by atoms with van der Waals surface area (Å²) < 4.78 is 30.7. The lowest BCUT2D eigenvalue weighted by molar-refractivity contribution is -0.140. The SMILES string of the molecule is COC(=O)CCCCCS(=O)(=O)c1cccc(O)c1-c1cccc2ccccc12. The van der Waals surface area contributed by atoms with Crippen LogP contribution in [0.4, 0.5) is 0 Å². The van der Waals surface area contributed by atoms with Gasteiger partial charge in [0.25, 0.3) is 0 Å². The van der Waals surface area contributed by atoms with Crippen molar-refractivity contribution in [3.05, 3.63) is 60.7 Å². The van der Waals surface area contributed by atoms with E-state index >= 15 is 0 Å². The van der Waals surface area contributed by atoms with Gasteiger partial charge in [-0.3, -0.25) is 4.79 Å². The number of benzene rings is 3. The number of fused-ring (bicyclic) bond motifs is 1. The summed E-state index contributed by atoms with van der Waals surface area (Å²) >= 11 is 0. The molecule has 0 aromatic heterocycles. The summed E-state index contributed by atoms with van der Waals surface area (Å²) in [4.78, 5) is 11.3. The van der Waals surface area contributed by atoms with Crippen LogP contribution in [-0.4, -0.2) is 32.4 Å². The van der Waals surface area contributed by atoms with Crippen molar-refractivity contribution in [2.75, 3.05) is 12.9 Å². The maximum Gasteiger partial charge on any atom is 0.305 e. The van der Waals surface area contributed by atoms with Crippen molar-refractivity contribution in [3.8, 4) is 16.9 Å². The van der Waals surface area contributed by atoms with E-state index < -0.39 is 9.84 Å². The van der Waals surface area contributed by atoms with Crippen LogP contribution in [0.5, 0.6) is 5.75 Å². The molecule has 0 bridgehead atoms. The Kier molecular flexibility index (Phi) is 6.54. The number of sulfone groups is 1. The third-order valence-corrected chi connectivity index (χ3v) is 6.76. The number of hydrogen-bond acceptors (Lipinski definition) is 5. The fourth-order valence-corrected chi connectivity index (χ4v) is 5.06. The first kappa shape index (κ1) is 20.9. The van der Waals surface area contributed by atoms with Crippen molar-refractivity contribution in [1.82, 2.24) is 0 Å². The van der Waals surface area contributed by atoms with Crippen molar-refractivity contribution < 1.29 is 23.1 Å². The fraction of sp³-hybridized carbons (Fsp3) is 0.261. The van der Waals surface area contributed by atoms with Crippen LogP contribution in [0, 0.1) is 0 Å². The van der Waals surface area contributed by atoms with Gasteiger partial charge in [0, 0.05) is 12.0 Å². The average Bonchev–Trinajstić information content (AvgIpc) is 2.72. The van der Waals surface area contributed by atoms with Crippen LogP contribution in [0.1, 0.15) is 25.7 Å². The van der Waals surface area contributed by atoms with Crippen molar-refractivity contribution in [2.24, 2.45) is 0 Å². The quantitative estimate of drug-likeness (QED) is 0.428. The van der Waals surface area contributed by atoms with Gasteiger partial charge in [-0.1, -0.05) is 55.0 Å². The third kappa shape index (κ3) is 4.77. The second kappa shape index (κ2) is 9.09. The molecule has 0 aliphatic rings. The highest BCUT2D eigenvalue weighted by Crippen LogP contribution is 2.39. The largest absolute Gasteiger partial charge is 0.507 e. The summed E-state index contributed by atoms with van der Waals surface area (Å²) in [6, 6.07) is 17.9. The Bertz CT molecular complexity index is 1110. The van der Waals surface area contributed by atoms with Crippen LogP contribution in [-0.2, 0) is 19.4 Å². The van der Waals surface area contributed by atoms with Gasteiger partial charge >= 0.3 is 5.97 Å². The normalized spacial score (nSPS) is 11.5. The van der Waals surface area contributed by atoms with E-state index in [1.165, 1.54) is 13.2 Å². The van der Waals surface area contributed by atoms with Gasteiger partial charge in [0.2, 0.25) is 0 Å². The maximum atomic E-state index is 13.1. The van der Waals surface area contributed by atoms with Gasteiger partial charge in [-0.05, 0) is 41.3 Å². The van der Waals surface area contributed by atoms with Gasteiger partial charge in [0.1, 0.15) is 5.75 Å². The van der Waals surface area contributed by atoms with Crippen LogP contribution >= 0.6 is 0 Å². The number of phenolic OH excluding ortho intramolecular Hbond substituents is 1. The molecule has 3 aromatic rings. The number of methoxy groups -OCH3 is 1. The number of ether oxygens (including phenoxy) is 1. The molecule has 0 aliphatic carbocycles. The number of esters is 1.